The first-order valence-corrected chi connectivity index (χ1v) is 8.74. The number of carbonyl (C=O) groups is 1. The Bertz CT molecular complexity index is 886. The summed E-state index contributed by atoms with van der Waals surface area (Å²) >= 11 is 0. The Kier molecular flexibility index (Phi) is 3.72. The van der Waals surface area contributed by atoms with Gasteiger partial charge in [0.15, 0.2) is 5.78 Å². The van der Waals surface area contributed by atoms with Crippen molar-refractivity contribution >= 4 is 16.8 Å². The number of fused-ring (bicyclic) bond motifs is 1. The molecule has 0 amide bonds. The third-order valence-electron chi connectivity index (χ3n) is 5.33. The molecule has 2 aromatic heterocycles. The van der Waals surface area contributed by atoms with E-state index < -0.39 is 0 Å². The minimum atomic E-state index is 0.0919. The number of ketones is 1. The second-order valence-corrected chi connectivity index (χ2v) is 6.87. The highest BCUT2D eigenvalue weighted by molar-refractivity contribution is 5.94. The fraction of sp³-hybridized carbons (Fsp3) is 0.333. The maximum atomic E-state index is 11.4. The Balaban J connectivity index is 1.68. The average Bonchev–Trinajstić information content (AvgIpc) is 2.97. The number of aromatic nitrogens is 2. The van der Waals surface area contributed by atoms with Crippen LogP contribution in [0.4, 0.5) is 0 Å². The third-order valence-corrected chi connectivity index (χ3v) is 5.33. The highest BCUT2D eigenvalue weighted by Gasteiger charge is 2.29. The van der Waals surface area contributed by atoms with E-state index in [-0.39, 0.29) is 5.78 Å². The van der Waals surface area contributed by atoms with Crippen molar-refractivity contribution < 1.29 is 4.79 Å². The second kappa shape index (κ2) is 5.90. The fourth-order valence-electron chi connectivity index (χ4n) is 3.62. The molecule has 0 N–H and O–H groups in total. The van der Waals surface area contributed by atoms with Crippen molar-refractivity contribution in [2.24, 2.45) is 5.92 Å². The molecule has 1 aliphatic rings. The number of carbonyl (C=O) groups excluding carboxylic acids is 1. The molecule has 0 aliphatic heterocycles. The summed E-state index contributed by atoms with van der Waals surface area (Å²) in [6.07, 6.45) is 5.98. The SMILES string of the molecule is CCC1CC(n2ccc3ccc(-c4ccc(C(C)=O)cc4)nc32)C1. The lowest BCUT2D eigenvalue weighted by molar-refractivity contribution is 0.101. The molecule has 3 nitrogen and oxygen atoms in total. The molecule has 24 heavy (non-hydrogen) atoms. The Morgan fingerprint density at radius 2 is 1.88 bits per heavy atom. The number of benzene rings is 1. The average molecular weight is 318 g/mol. The monoisotopic (exact) mass is 318 g/mol. The predicted molar refractivity (Wildman–Crippen MR) is 97.2 cm³/mol. The molecule has 1 fully saturated rings. The Morgan fingerprint density at radius 1 is 1.12 bits per heavy atom. The first-order valence-electron chi connectivity index (χ1n) is 8.74. The van der Waals surface area contributed by atoms with Crippen LogP contribution in [0.25, 0.3) is 22.3 Å². The van der Waals surface area contributed by atoms with E-state index in [0.29, 0.717) is 6.04 Å². The van der Waals surface area contributed by atoms with Gasteiger partial charge in [-0.25, -0.2) is 4.98 Å². The van der Waals surface area contributed by atoms with Crippen LogP contribution in [-0.4, -0.2) is 15.3 Å². The van der Waals surface area contributed by atoms with Crippen LogP contribution >= 0.6 is 0 Å². The van der Waals surface area contributed by atoms with Gasteiger partial charge in [0.05, 0.1) is 5.69 Å². The standard InChI is InChI=1S/C21H22N2O/c1-3-15-12-19(13-15)23-11-10-18-8-9-20(22-21(18)23)17-6-4-16(5-7-17)14(2)24/h4-11,15,19H,3,12-13H2,1-2H3. The number of hydrogen-bond donors (Lipinski definition) is 0. The molecule has 4 rings (SSSR count). The Hall–Kier alpha value is -2.42. The van der Waals surface area contributed by atoms with Crippen LogP contribution in [0.3, 0.4) is 0 Å². The Labute approximate surface area is 142 Å². The molecular weight excluding hydrogens is 296 g/mol. The van der Waals surface area contributed by atoms with Gasteiger partial charge in [0.2, 0.25) is 0 Å². The van der Waals surface area contributed by atoms with E-state index in [2.05, 4.69) is 35.9 Å². The van der Waals surface area contributed by atoms with Crippen molar-refractivity contribution in [2.75, 3.05) is 0 Å². The maximum Gasteiger partial charge on any atom is 0.159 e. The number of Topliss-reactive ketones (excluding diaryl/α,β-unsaturated/α-hetero) is 1. The number of pyridine rings is 1. The Morgan fingerprint density at radius 3 is 2.54 bits per heavy atom. The molecule has 3 aromatic rings. The summed E-state index contributed by atoms with van der Waals surface area (Å²) in [7, 11) is 0. The summed E-state index contributed by atoms with van der Waals surface area (Å²) in [6.45, 7) is 3.87. The summed E-state index contributed by atoms with van der Waals surface area (Å²) in [5, 5.41) is 1.19. The first-order chi connectivity index (χ1) is 11.7. The summed E-state index contributed by atoms with van der Waals surface area (Å²) in [5.41, 5.74) is 3.82. The zero-order valence-corrected chi connectivity index (χ0v) is 14.2. The summed E-state index contributed by atoms with van der Waals surface area (Å²) < 4.78 is 2.34. The van der Waals surface area contributed by atoms with Crippen LogP contribution < -0.4 is 0 Å². The summed E-state index contributed by atoms with van der Waals surface area (Å²) in [6, 6.07) is 14.7. The van der Waals surface area contributed by atoms with Gasteiger partial charge >= 0.3 is 0 Å². The van der Waals surface area contributed by atoms with Crippen LogP contribution in [0, 0.1) is 5.92 Å². The van der Waals surface area contributed by atoms with Crippen molar-refractivity contribution in [1.29, 1.82) is 0 Å². The van der Waals surface area contributed by atoms with Gasteiger partial charge in [0, 0.05) is 28.8 Å². The van der Waals surface area contributed by atoms with Crippen molar-refractivity contribution in [1.82, 2.24) is 9.55 Å². The highest BCUT2D eigenvalue weighted by atomic mass is 16.1. The van der Waals surface area contributed by atoms with Crippen LogP contribution in [-0.2, 0) is 0 Å². The van der Waals surface area contributed by atoms with Gasteiger partial charge in [-0.15, -0.1) is 0 Å². The normalized spacial score (nSPS) is 20.1. The largest absolute Gasteiger partial charge is 0.329 e. The van der Waals surface area contributed by atoms with Gasteiger partial charge in [-0.2, -0.15) is 0 Å². The van der Waals surface area contributed by atoms with Crippen LogP contribution in [0.5, 0.6) is 0 Å². The lowest BCUT2D eigenvalue weighted by atomic mass is 9.78. The van der Waals surface area contributed by atoms with E-state index in [4.69, 9.17) is 4.98 Å². The molecule has 1 aromatic carbocycles. The molecule has 0 saturated heterocycles. The van der Waals surface area contributed by atoms with Crippen LogP contribution in [0.15, 0.2) is 48.7 Å². The summed E-state index contributed by atoms with van der Waals surface area (Å²) in [4.78, 5) is 16.3. The van der Waals surface area contributed by atoms with Crippen molar-refractivity contribution in [3.8, 4) is 11.3 Å². The van der Waals surface area contributed by atoms with Crippen molar-refractivity contribution in [3.63, 3.8) is 0 Å². The number of nitrogens with zero attached hydrogens (tertiary/aromatic N) is 2. The maximum absolute atomic E-state index is 11.4. The third kappa shape index (κ3) is 2.54. The van der Waals surface area contributed by atoms with E-state index >= 15 is 0 Å². The highest BCUT2D eigenvalue weighted by Crippen LogP contribution is 2.41. The van der Waals surface area contributed by atoms with Gasteiger partial charge in [-0.3, -0.25) is 4.79 Å². The number of hydrogen-bond acceptors (Lipinski definition) is 2. The van der Waals surface area contributed by atoms with Crippen molar-refractivity contribution in [2.45, 2.75) is 39.2 Å². The molecule has 0 unspecified atom stereocenters. The van der Waals surface area contributed by atoms with E-state index in [1.807, 2.05) is 24.3 Å². The predicted octanol–water partition coefficient (Wildman–Crippen LogP) is 5.27. The smallest absolute Gasteiger partial charge is 0.159 e. The quantitative estimate of drug-likeness (QED) is 0.614. The van der Waals surface area contributed by atoms with Crippen LogP contribution in [0.2, 0.25) is 0 Å². The minimum absolute atomic E-state index is 0.0919. The lowest BCUT2D eigenvalue weighted by Gasteiger charge is -2.36. The molecule has 1 saturated carbocycles. The van der Waals surface area contributed by atoms with E-state index in [1.54, 1.807) is 6.92 Å². The zero-order chi connectivity index (χ0) is 16.7. The molecule has 0 spiro atoms. The topological polar surface area (TPSA) is 34.9 Å². The van der Waals surface area contributed by atoms with E-state index in [1.165, 1.54) is 24.6 Å². The van der Waals surface area contributed by atoms with Gasteiger partial charge in [0.25, 0.3) is 0 Å². The molecule has 3 heteroatoms. The van der Waals surface area contributed by atoms with Crippen LogP contribution in [0.1, 0.15) is 49.5 Å². The zero-order valence-electron chi connectivity index (χ0n) is 14.2. The molecule has 0 radical (unpaired) electrons. The molecule has 1 aliphatic carbocycles. The van der Waals surface area contributed by atoms with Gasteiger partial charge in [-0.05, 0) is 43.9 Å². The molecule has 122 valence electrons. The van der Waals surface area contributed by atoms with Gasteiger partial charge < -0.3 is 4.57 Å². The minimum Gasteiger partial charge on any atom is -0.329 e. The second-order valence-electron chi connectivity index (χ2n) is 6.87. The van der Waals surface area contributed by atoms with Gasteiger partial charge in [0.1, 0.15) is 5.65 Å². The molecule has 2 heterocycles. The van der Waals surface area contributed by atoms with Crippen molar-refractivity contribution in [3.05, 3.63) is 54.2 Å². The fourth-order valence-corrected chi connectivity index (χ4v) is 3.62. The molecule has 0 bridgehead atoms. The number of rotatable bonds is 4. The van der Waals surface area contributed by atoms with E-state index in [0.717, 1.165) is 28.4 Å². The first kappa shape index (κ1) is 15.1. The molecule has 0 atom stereocenters. The van der Waals surface area contributed by atoms with Gasteiger partial charge in [-0.1, -0.05) is 37.6 Å². The van der Waals surface area contributed by atoms with E-state index in [9.17, 15) is 4.79 Å². The lowest BCUT2D eigenvalue weighted by Crippen LogP contribution is -2.25. The molecular formula is C21H22N2O. The summed E-state index contributed by atoms with van der Waals surface area (Å²) in [5.74, 6) is 0.962.